The third-order valence-corrected chi connectivity index (χ3v) is 3.66. The Bertz CT molecular complexity index is 169. The SMILES string of the molecule is ClC1C=C2CNCCC2S1. The topological polar surface area (TPSA) is 12.0 Å². The van der Waals surface area contributed by atoms with Crippen LogP contribution in [-0.2, 0) is 0 Å². The molecule has 3 heteroatoms. The van der Waals surface area contributed by atoms with Crippen LogP contribution >= 0.6 is 23.4 Å². The van der Waals surface area contributed by atoms with Crippen LogP contribution in [0.4, 0.5) is 0 Å². The molecule has 0 aliphatic carbocycles. The first-order valence-electron chi connectivity index (χ1n) is 3.57. The van der Waals surface area contributed by atoms with Crippen LogP contribution in [-0.4, -0.2) is 23.0 Å². The van der Waals surface area contributed by atoms with E-state index in [1.807, 2.05) is 11.8 Å². The molecule has 0 aromatic carbocycles. The predicted molar refractivity (Wildman–Crippen MR) is 46.6 cm³/mol. The molecule has 2 unspecified atom stereocenters. The van der Waals surface area contributed by atoms with E-state index in [2.05, 4.69) is 11.4 Å². The van der Waals surface area contributed by atoms with Crippen LogP contribution in [0.3, 0.4) is 0 Å². The molecule has 56 valence electrons. The lowest BCUT2D eigenvalue weighted by atomic mass is 10.1. The lowest BCUT2D eigenvalue weighted by molar-refractivity contribution is 0.622. The number of hydrogen-bond donors (Lipinski definition) is 1. The monoisotopic (exact) mass is 175 g/mol. The Hall–Kier alpha value is 0.340. The van der Waals surface area contributed by atoms with Crippen LogP contribution in [0.2, 0.25) is 0 Å². The molecule has 2 rings (SSSR count). The molecule has 1 nitrogen and oxygen atoms in total. The highest BCUT2D eigenvalue weighted by Gasteiger charge is 2.27. The summed E-state index contributed by atoms with van der Waals surface area (Å²) in [6, 6.07) is 0. The molecular formula is C7H10ClNS. The molecule has 2 atom stereocenters. The third kappa shape index (κ3) is 1.20. The Morgan fingerprint density at radius 2 is 2.60 bits per heavy atom. The smallest absolute Gasteiger partial charge is 0.0979 e. The Kier molecular flexibility index (Phi) is 1.94. The fourth-order valence-electron chi connectivity index (χ4n) is 1.45. The number of halogens is 1. The van der Waals surface area contributed by atoms with Gasteiger partial charge in [0.25, 0.3) is 0 Å². The van der Waals surface area contributed by atoms with Crippen LogP contribution in [0.1, 0.15) is 6.42 Å². The minimum Gasteiger partial charge on any atom is -0.313 e. The molecular weight excluding hydrogens is 166 g/mol. The highest BCUT2D eigenvalue weighted by Crippen LogP contribution is 2.37. The van der Waals surface area contributed by atoms with Gasteiger partial charge in [-0.25, -0.2) is 0 Å². The van der Waals surface area contributed by atoms with Crippen LogP contribution in [0.5, 0.6) is 0 Å². The molecule has 2 heterocycles. The van der Waals surface area contributed by atoms with Gasteiger partial charge in [-0.2, -0.15) is 0 Å². The van der Waals surface area contributed by atoms with E-state index in [1.54, 1.807) is 0 Å². The van der Waals surface area contributed by atoms with Gasteiger partial charge in [0.2, 0.25) is 0 Å². The van der Waals surface area contributed by atoms with E-state index in [9.17, 15) is 0 Å². The van der Waals surface area contributed by atoms with Gasteiger partial charge < -0.3 is 5.32 Å². The second-order valence-electron chi connectivity index (χ2n) is 2.68. The van der Waals surface area contributed by atoms with Crippen molar-refractivity contribution in [3.05, 3.63) is 11.6 Å². The minimum absolute atomic E-state index is 0.236. The van der Waals surface area contributed by atoms with Gasteiger partial charge in [0.1, 0.15) is 0 Å². The van der Waals surface area contributed by atoms with Crippen molar-refractivity contribution in [1.82, 2.24) is 5.32 Å². The van der Waals surface area contributed by atoms with Crippen molar-refractivity contribution in [2.45, 2.75) is 16.4 Å². The zero-order chi connectivity index (χ0) is 6.97. The maximum Gasteiger partial charge on any atom is 0.0979 e. The molecule has 2 aliphatic heterocycles. The van der Waals surface area contributed by atoms with Crippen LogP contribution in [0, 0.1) is 0 Å². The van der Waals surface area contributed by atoms with Gasteiger partial charge in [-0.3, -0.25) is 0 Å². The standard InChI is InChI=1S/C7H10ClNS/c8-7-3-5-4-9-2-1-6(5)10-7/h3,6-7,9H,1-2,4H2. The number of thioether (sulfide) groups is 1. The number of hydrogen-bond acceptors (Lipinski definition) is 2. The molecule has 1 saturated heterocycles. The maximum absolute atomic E-state index is 5.95. The van der Waals surface area contributed by atoms with E-state index in [4.69, 9.17) is 11.6 Å². The van der Waals surface area contributed by atoms with Crippen molar-refractivity contribution in [3.63, 3.8) is 0 Å². The number of piperidine rings is 1. The molecule has 0 saturated carbocycles. The first kappa shape index (κ1) is 7.01. The summed E-state index contributed by atoms with van der Waals surface area (Å²) in [5, 5.41) is 4.06. The lowest BCUT2D eigenvalue weighted by Gasteiger charge is -2.20. The molecule has 10 heavy (non-hydrogen) atoms. The summed E-state index contributed by atoms with van der Waals surface area (Å²) in [5.41, 5.74) is 1.51. The number of rotatable bonds is 0. The van der Waals surface area contributed by atoms with Crippen molar-refractivity contribution in [1.29, 1.82) is 0 Å². The largest absolute Gasteiger partial charge is 0.313 e. The first-order valence-corrected chi connectivity index (χ1v) is 4.95. The summed E-state index contributed by atoms with van der Waals surface area (Å²) >= 11 is 7.83. The molecule has 2 aliphatic rings. The van der Waals surface area contributed by atoms with Gasteiger partial charge in [-0.15, -0.1) is 23.4 Å². The van der Waals surface area contributed by atoms with E-state index in [1.165, 1.54) is 12.0 Å². The summed E-state index contributed by atoms with van der Waals surface area (Å²) in [5.74, 6) is 0. The Balaban J connectivity index is 2.10. The van der Waals surface area contributed by atoms with E-state index in [0.717, 1.165) is 18.3 Å². The molecule has 0 radical (unpaired) electrons. The summed E-state index contributed by atoms with van der Waals surface area (Å²) in [6.45, 7) is 2.21. The van der Waals surface area contributed by atoms with Crippen LogP contribution in [0.25, 0.3) is 0 Å². The summed E-state index contributed by atoms with van der Waals surface area (Å²) in [4.78, 5) is 0. The second kappa shape index (κ2) is 2.76. The molecule has 1 fully saturated rings. The van der Waals surface area contributed by atoms with E-state index in [0.29, 0.717) is 0 Å². The van der Waals surface area contributed by atoms with Crippen molar-refractivity contribution < 1.29 is 0 Å². The Labute approximate surface area is 70.2 Å². The van der Waals surface area contributed by atoms with Crippen LogP contribution in [0.15, 0.2) is 11.6 Å². The quantitative estimate of drug-likeness (QED) is 0.443. The highest BCUT2D eigenvalue weighted by molar-refractivity contribution is 8.02. The normalized spacial score (nSPS) is 39.1. The van der Waals surface area contributed by atoms with Crippen molar-refractivity contribution in [2.24, 2.45) is 0 Å². The zero-order valence-electron chi connectivity index (χ0n) is 5.64. The second-order valence-corrected chi connectivity index (χ2v) is 4.76. The molecule has 0 aromatic heterocycles. The van der Waals surface area contributed by atoms with Gasteiger partial charge in [0.05, 0.1) is 4.71 Å². The van der Waals surface area contributed by atoms with Crippen LogP contribution < -0.4 is 5.32 Å². The van der Waals surface area contributed by atoms with E-state index >= 15 is 0 Å². The fraction of sp³-hybridized carbons (Fsp3) is 0.714. The maximum atomic E-state index is 5.95. The zero-order valence-corrected chi connectivity index (χ0v) is 7.21. The number of fused-ring (bicyclic) bond motifs is 1. The Morgan fingerprint density at radius 1 is 1.70 bits per heavy atom. The minimum atomic E-state index is 0.236. The summed E-state index contributed by atoms with van der Waals surface area (Å²) < 4.78 is 0.236. The average Bonchev–Trinajstić information content (AvgIpc) is 2.27. The van der Waals surface area contributed by atoms with Gasteiger partial charge in [-0.05, 0) is 18.5 Å². The molecule has 0 amide bonds. The number of alkyl halides is 1. The summed E-state index contributed by atoms with van der Waals surface area (Å²) in [6.07, 6.45) is 3.43. The van der Waals surface area contributed by atoms with Crippen molar-refractivity contribution >= 4 is 23.4 Å². The molecule has 0 bridgehead atoms. The average molecular weight is 176 g/mol. The third-order valence-electron chi connectivity index (χ3n) is 1.97. The highest BCUT2D eigenvalue weighted by atomic mass is 35.5. The number of nitrogens with one attached hydrogen (secondary N) is 1. The Morgan fingerprint density at radius 3 is 3.40 bits per heavy atom. The molecule has 0 spiro atoms. The molecule has 0 aromatic rings. The lowest BCUT2D eigenvalue weighted by Crippen LogP contribution is -2.30. The van der Waals surface area contributed by atoms with Gasteiger partial charge in [-0.1, -0.05) is 6.08 Å². The van der Waals surface area contributed by atoms with E-state index in [-0.39, 0.29) is 4.71 Å². The van der Waals surface area contributed by atoms with E-state index < -0.39 is 0 Å². The van der Waals surface area contributed by atoms with Gasteiger partial charge >= 0.3 is 0 Å². The molecule has 1 N–H and O–H groups in total. The fourth-order valence-corrected chi connectivity index (χ4v) is 3.14. The van der Waals surface area contributed by atoms with Gasteiger partial charge in [0.15, 0.2) is 0 Å². The predicted octanol–water partition coefficient (Wildman–Crippen LogP) is 1.59. The first-order chi connectivity index (χ1) is 4.86. The van der Waals surface area contributed by atoms with Gasteiger partial charge in [0, 0.05) is 11.8 Å². The summed E-state index contributed by atoms with van der Waals surface area (Å²) in [7, 11) is 0. The van der Waals surface area contributed by atoms with Crippen molar-refractivity contribution in [2.75, 3.05) is 13.1 Å². The van der Waals surface area contributed by atoms with Crippen molar-refractivity contribution in [3.8, 4) is 0 Å².